The van der Waals surface area contributed by atoms with Crippen LogP contribution < -0.4 is 20.1 Å². The van der Waals surface area contributed by atoms with Gasteiger partial charge in [-0.2, -0.15) is 0 Å². The standard InChI is InChI=1S/C15H22N2O4/c1-11(18)17-8-4-7-16-10-14(19)13-9-12(20-2)5-6-15(13)21-3/h5-6,9,16H,4,7-8,10H2,1-3H3,(H,17,18). The largest absolute Gasteiger partial charge is 0.497 e. The van der Waals surface area contributed by atoms with E-state index >= 15 is 0 Å². The van der Waals surface area contributed by atoms with Crippen LogP contribution in [0.5, 0.6) is 11.5 Å². The Bertz CT molecular complexity index is 489. The van der Waals surface area contributed by atoms with E-state index in [0.29, 0.717) is 30.2 Å². The minimum absolute atomic E-state index is 0.0489. The minimum atomic E-state index is -0.0646. The van der Waals surface area contributed by atoms with E-state index in [1.165, 1.54) is 14.0 Å². The van der Waals surface area contributed by atoms with Crippen LogP contribution in [-0.2, 0) is 4.79 Å². The molecule has 116 valence electrons. The zero-order chi connectivity index (χ0) is 15.7. The lowest BCUT2D eigenvalue weighted by molar-refractivity contribution is -0.118. The summed E-state index contributed by atoms with van der Waals surface area (Å²) in [6, 6.07) is 5.12. The van der Waals surface area contributed by atoms with E-state index in [9.17, 15) is 9.59 Å². The number of carbonyl (C=O) groups is 2. The van der Waals surface area contributed by atoms with Crippen molar-refractivity contribution in [1.82, 2.24) is 10.6 Å². The predicted molar refractivity (Wildman–Crippen MR) is 80.0 cm³/mol. The van der Waals surface area contributed by atoms with Gasteiger partial charge in [0.1, 0.15) is 11.5 Å². The van der Waals surface area contributed by atoms with Gasteiger partial charge in [-0.05, 0) is 31.2 Å². The zero-order valence-corrected chi connectivity index (χ0v) is 12.7. The van der Waals surface area contributed by atoms with Gasteiger partial charge in [0.25, 0.3) is 0 Å². The molecule has 0 radical (unpaired) electrons. The van der Waals surface area contributed by atoms with Gasteiger partial charge in [-0.15, -0.1) is 0 Å². The molecule has 0 bridgehead atoms. The van der Waals surface area contributed by atoms with E-state index in [4.69, 9.17) is 9.47 Å². The molecular weight excluding hydrogens is 272 g/mol. The fourth-order valence-electron chi connectivity index (χ4n) is 1.81. The first-order valence-corrected chi connectivity index (χ1v) is 6.79. The Morgan fingerprint density at radius 3 is 2.52 bits per heavy atom. The molecule has 0 aliphatic rings. The maximum Gasteiger partial charge on any atom is 0.216 e. The van der Waals surface area contributed by atoms with Gasteiger partial charge in [0, 0.05) is 13.5 Å². The van der Waals surface area contributed by atoms with Gasteiger partial charge in [-0.3, -0.25) is 9.59 Å². The van der Waals surface area contributed by atoms with E-state index in [1.807, 2.05) is 0 Å². The highest BCUT2D eigenvalue weighted by atomic mass is 16.5. The van der Waals surface area contributed by atoms with E-state index in [1.54, 1.807) is 25.3 Å². The van der Waals surface area contributed by atoms with Crippen LogP contribution in [0.15, 0.2) is 18.2 Å². The van der Waals surface area contributed by atoms with Crippen LogP contribution in [0, 0.1) is 0 Å². The highest BCUT2D eigenvalue weighted by Crippen LogP contribution is 2.24. The Labute approximate surface area is 124 Å². The molecule has 0 saturated carbocycles. The second-order valence-electron chi connectivity index (χ2n) is 4.50. The number of rotatable bonds is 9. The Hall–Kier alpha value is -2.08. The number of Topliss-reactive ketones (excluding diaryl/α,β-unsaturated/α-hetero) is 1. The molecule has 0 aliphatic carbocycles. The van der Waals surface area contributed by atoms with E-state index in [2.05, 4.69) is 10.6 Å². The van der Waals surface area contributed by atoms with Crippen LogP contribution in [0.4, 0.5) is 0 Å². The van der Waals surface area contributed by atoms with Crippen molar-refractivity contribution in [1.29, 1.82) is 0 Å². The summed E-state index contributed by atoms with van der Waals surface area (Å²) in [6.07, 6.45) is 0.766. The molecule has 1 rings (SSSR count). The van der Waals surface area contributed by atoms with Crippen LogP contribution in [-0.4, -0.2) is 45.5 Å². The molecule has 6 heteroatoms. The Balaban J connectivity index is 2.46. The topological polar surface area (TPSA) is 76.7 Å². The van der Waals surface area contributed by atoms with Crippen LogP contribution >= 0.6 is 0 Å². The van der Waals surface area contributed by atoms with Crippen molar-refractivity contribution < 1.29 is 19.1 Å². The summed E-state index contributed by atoms with van der Waals surface area (Å²) in [5.74, 6) is 1.03. The number of carbonyl (C=O) groups excluding carboxylic acids is 2. The van der Waals surface area contributed by atoms with Gasteiger partial charge in [0.2, 0.25) is 5.91 Å². The lowest BCUT2D eigenvalue weighted by Gasteiger charge is -2.10. The molecular formula is C15H22N2O4. The average molecular weight is 294 g/mol. The number of ether oxygens (including phenoxy) is 2. The maximum atomic E-state index is 12.2. The van der Waals surface area contributed by atoms with E-state index < -0.39 is 0 Å². The van der Waals surface area contributed by atoms with Crippen molar-refractivity contribution in [2.75, 3.05) is 33.9 Å². The molecule has 1 amide bonds. The van der Waals surface area contributed by atoms with Gasteiger partial charge >= 0.3 is 0 Å². The minimum Gasteiger partial charge on any atom is -0.497 e. The molecule has 0 aromatic heterocycles. The fourth-order valence-corrected chi connectivity index (χ4v) is 1.81. The second kappa shape index (κ2) is 8.97. The molecule has 21 heavy (non-hydrogen) atoms. The van der Waals surface area contributed by atoms with Crippen molar-refractivity contribution in [3.05, 3.63) is 23.8 Å². The van der Waals surface area contributed by atoms with Crippen LogP contribution in [0.25, 0.3) is 0 Å². The van der Waals surface area contributed by atoms with Gasteiger partial charge in [0.05, 0.1) is 26.3 Å². The van der Waals surface area contributed by atoms with Gasteiger partial charge < -0.3 is 20.1 Å². The van der Waals surface area contributed by atoms with Gasteiger partial charge in [-0.1, -0.05) is 0 Å². The SMILES string of the molecule is COc1ccc(OC)c(C(=O)CNCCCNC(C)=O)c1. The molecule has 0 heterocycles. The smallest absolute Gasteiger partial charge is 0.216 e. The molecule has 0 atom stereocenters. The number of hydrogen-bond donors (Lipinski definition) is 2. The summed E-state index contributed by atoms with van der Waals surface area (Å²) >= 11 is 0. The number of hydrogen-bond acceptors (Lipinski definition) is 5. The first-order chi connectivity index (χ1) is 10.1. The third-order valence-corrected chi connectivity index (χ3v) is 2.90. The van der Waals surface area contributed by atoms with Crippen molar-refractivity contribution in [2.45, 2.75) is 13.3 Å². The molecule has 0 saturated heterocycles. The second-order valence-corrected chi connectivity index (χ2v) is 4.50. The number of methoxy groups -OCH3 is 2. The molecule has 6 nitrogen and oxygen atoms in total. The van der Waals surface area contributed by atoms with Gasteiger partial charge in [-0.25, -0.2) is 0 Å². The summed E-state index contributed by atoms with van der Waals surface area (Å²) in [4.78, 5) is 22.9. The Kier molecular flexibility index (Phi) is 7.25. The Morgan fingerprint density at radius 1 is 1.14 bits per heavy atom. The molecule has 2 N–H and O–H groups in total. The molecule has 0 fully saturated rings. The van der Waals surface area contributed by atoms with Crippen molar-refractivity contribution >= 4 is 11.7 Å². The lowest BCUT2D eigenvalue weighted by Crippen LogP contribution is -2.28. The van der Waals surface area contributed by atoms with E-state index in [-0.39, 0.29) is 18.2 Å². The molecule has 1 aromatic carbocycles. The average Bonchev–Trinajstić information content (AvgIpc) is 2.49. The summed E-state index contributed by atoms with van der Waals surface area (Å²) < 4.78 is 10.3. The monoisotopic (exact) mass is 294 g/mol. The van der Waals surface area contributed by atoms with Crippen LogP contribution in [0.2, 0.25) is 0 Å². The molecule has 1 aromatic rings. The lowest BCUT2D eigenvalue weighted by atomic mass is 10.1. The molecule has 0 unspecified atom stereocenters. The molecule has 0 aliphatic heterocycles. The number of benzene rings is 1. The van der Waals surface area contributed by atoms with Crippen molar-refractivity contribution in [2.24, 2.45) is 0 Å². The third-order valence-electron chi connectivity index (χ3n) is 2.90. The first kappa shape index (κ1) is 17.0. The number of ketones is 1. The highest BCUT2D eigenvalue weighted by molar-refractivity contribution is 6.00. The number of nitrogens with one attached hydrogen (secondary N) is 2. The van der Waals surface area contributed by atoms with Crippen molar-refractivity contribution in [3.8, 4) is 11.5 Å². The quantitative estimate of drug-likeness (QED) is 0.525. The van der Waals surface area contributed by atoms with Gasteiger partial charge in [0.15, 0.2) is 5.78 Å². The number of amides is 1. The fraction of sp³-hybridized carbons (Fsp3) is 0.467. The third kappa shape index (κ3) is 5.83. The maximum absolute atomic E-state index is 12.2. The Morgan fingerprint density at radius 2 is 1.90 bits per heavy atom. The zero-order valence-electron chi connectivity index (χ0n) is 12.7. The summed E-state index contributed by atoms with van der Waals surface area (Å²) in [7, 11) is 3.08. The highest BCUT2D eigenvalue weighted by Gasteiger charge is 2.13. The van der Waals surface area contributed by atoms with Crippen molar-refractivity contribution in [3.63, 3.8) is 0 Å². The van der Waals surface area contributed by atoms with Crippen LogP contribution in [0.3, 0.4) is 0 Å². The first-order valence-electron chi connectivity index (χ1n) is 6.79. The summed E-state index contributed by atoms with van der Waals surface area (Å²) in [5, 5.41) is 5.75. The summed E-state index contributed by atoms with van der Waals surface area (Å²) in [5.41, 5.74) is 0.492. The summed E-state index contributed by atoms with van der Waals surface area (Å²) in [6.45, 7) is 2.94. The molecule has 0 spiro atoms. The van der Waals surface area contributed by atoms with Crippen LogP contribution in [0.1, 0.15) is 23.7 Å². The van der Waals surface area contributed by atoms with E-state index in [0.717, 1.165) is 6.42 Å². The normalized spacial score (nSPS) is 10.0. The predicted octanol–water partition coefficient (Wildman–Crippen LogP) is 1.00.